The molecule has 1 fully saturated rings. The summed E-state index contributed by atoms with van der Waals surface area (Å²) in [5.74, 6) is -1.90. The number of anilines is 1. The minimum atomic E-state index is -1.63. The maximum Gasteiger partial charge on any atom is 0.512 e. The summed E-state index contributed by atoms with van der Waals surface area (Å²) in [6, 6.07) is -0.974. The Balaban J connectivity index is 1.77. The Morgan fingerprint density at radius 3 is 2.77 bits per heavy atom. The van der Waals surface area contributed by atoms with Crippen LogP contribution in [0.15, 0.2) is 22.0 Å². The lowest BCUT2D eigenvalue weighted by Gasteiger charge is -2.49. The zero-order chi connectivity index (χ0) is 22.7. The van der Waals surface area contributed by atoms with Gasteiger partial charge in [0.25, 0.3) is 11.8 Å². The minimum absolute atomic E-state index is 0.171. The number of nitrogens with one attached hydrogen (secondary N) is 1. The number of ether oxygens (including phenoxy) is 2. The van der Waals surface area contributed by atoms with Gasteiger partial charge in [0.15, 0.2) is 10.8 Å². The molecule has 3 rings (SSSR count). The summed E-state index contributed by atoms with van der Waals surface area (Å²) in [5.41, 5.74) is 5.92. The van der Waals surface area contributed by atoms with Crippen LogP contribution >= 0.6 is 23.1 Å². The van der Waals surface area contributed by atoms with Gasteiger partial charge in [-0.3, -0.25) is 19.3 Å². The van der Waals surface area contributed by atoms with Crippen LogP contribution in [0.4, 0.5) is 9.93 Å². The van der Waals surface area contributed by atoms with Gasteiger partial charge < -0.3 is 30.5 Å². The van der Waals surface area contributed by atoms with Crippen molar-refractivity contribution in [1.82, 2.24) is 15.2 Å². The van der Waals surface area contributed by atoms with Crippen molar-refractivity contribution in [2.45, 2.75) is 18.3 Å². The van der Waals surface area contributed by atoms with Crippen molar-refractivity contribution in [2.75, 3.05) is 25.2 Å². The molecule has 4 N–H and O–H groups in total. The largest absolute Gasteiger partial charge is 0.512 e. The molecule has 166 valence electrons. The number of carbonyl (C=O) groups is 4. The number of nitrogen functional groups attached to an aromatic ring is 1. The molecule has 13 nitrogen and oxygen atoms in total. The third kappa shape index (κ3) is 4.72. The summed E-state index contributed by atoms with van der Waals surface area (Å²) >= 11 is 2.35. The molecule has 2 aliphatic heterocycles. The molecule has 0 aromatic carbocycles. The maximum absolute atomic E-state index is 12.7. The van der Waals surface area contributed by atoms with E-state index in [9.17, 15) is 19.2 Å². The molecule has 0 spiro atoms. The fourth-order valence-corrected chi connectivity index (χ4v) is 4.65. The number of rotatable bonds is 7. The highest BCUT2D eigenvalue weighted by molar-refractivity contribution is 8.00. The van der Waals surface area contributed by atoms with Crippen molar-refractivity contribution in [3.05, 3.63) is 22.5 Å². The second-order valence-electron chi connectivity index (χ2n) is 6.11. The SMILES string of the molecule is CON=C(C(=O)N[C@@H]1C(=O)N2C(OC(=O)O)=C(COC(C)=O)CS[C@H]12)c1csc(N)n1. The van der Waals surface area contributed by atoms with Crippen LogP contribution < -0.4 is 11.1 Å². The monoisotopic (exact) mass is 471 g/mol. The van der Waals surface area contributed by atoms with Crippen molar-refractivity contribution >= 4 is 57.9 Å². The minimum Gasteiger partial charge on any atom is -0.461 e. The van der Waals surface area contributed by atoms with Crippen LogP contribution in [-0.2, 0) is 28.7 Å². The van der Waals surface area contributed by atoms with Crippen LogP contribution in [0.2, 0.25) is 0 Å². The first-order valence-corrected chi connectivity index (χ1v) is 10.5. The number of thiazole rings is 1. The van der Waals surface area contributed by atoms with Gasteiger partial charge in [0.2, 0.25) is 5.88 Å². The Kier molecular flexibility index (Phi) is 6.65. The van der Waals surface area contributed by atoms with E-state index in [0.717, 1.165) is 16.2 Å². The van der Waals surface area contributed by atoms with Gasteiger partial charge in [-0.05, 0) is 0 Å². The van der Waals surface area contributed by atoms with Gasteiger partial charge in [-0.15, -0.1) is 23.1 Å². The Labute approximate surface area is 183 Å². The van der Waals surface area contributed by atoms with Crippen LogP contribution in [0.5, 0.6) is 0 Å². The van der Waals surface area contributed by atoms with Crippen LogP contribution in [-0.4, -0.2) is 75.5 Å². The fraction of sp³-hybridized carbons (Fsp3) is 0.375. The summed E-state index contributed by atoms with van der Waals surface area (Å²) in [6.45, 7) is 0.973. The number of amides is 2. The van der Waals surface area contributed by atoms with Gasteiger partial charge in [-0.1, -0.05) is 5.16 Å². The number of oxime groups is 1. The number of β-lactam (4-membered cyclic amide) rings is 1. The second-order valence-corrected chi connectivity index (χ2v) is 8.11. The third-order valence-corrected chi connectivity index (χ3v) is 6.09. The molecule has 2 aliphatic rings. The Hall–Kier alpha value is -3.33. The number of esters is 1. The summed E-state index contributed by atoms with van der Waals surface area (Å²) in [5, 5.41) is 16.3. The number of carbonyl (C=O) groups excluding carboxylic acids is 3. The second kappa shape index (κ2) is 9.22. The van der Waals surface area contributed by atoms with Crippen LogP contribution in [0.1, 0.15) is 12.6 Å². The zero-order valence-corrected chi connectivity index (χ0v) is 17.8. The number of fused-ring (bicyclic) bond motifs is 1. The molecule has 0 saturated carbocycles. The van der Waals surface area contributed by atoms with E-state index in [0.29, 0.717) is 5.57 Å². The van der Waals surface area contributed by atoms with Crippen LogP contribution in [0.3, 0.4) is 0 Å². The fourth-order valence-electron chi connectivity index (χ4n) is 2.80. The normalized spacial score (nSPS) is 20.5. The highest BCUT2D eigenvalue weighted by atomic mass is 32.2. The molecule has 0 bridgehead atoms. The quantitative estimate of drug-likeness (QED) is 0.210. The summed E-state index contributed by atoms with van der Waals surface area (Å²) in [7, 11) is 1.25. The van der Waals surface area contributed by atoms with Gasteiger partial charge in [0, 0.05) is 23.6 Å². The molecule has 1 saturated heterocycles. The summed E-state index contributed by atoms with van der Waals surface area (Å²) < 4.78 is 9.67. The van der Waals surface area contributed by atoms with E-state index in [1.807, 2.05) is 0 Å². The highest BCUT2D eigenvalue weighted by Gasteiger charge is 2.54. The first-order valence-electron chi connectivity index (χ1n) is 8.57. The lowest BCUT2D eigenvalue weighted by molar-refractivity contribution is -0.148. The average molecular weight is 471 g/mol. The number of hydrogen-bond acceptors (Lipinski definition) is 12. The topological polar surface area (TPSA) is 183 Å². The first-order chi connectivity index (χ1) is 14.7. The Bertz CT molecular complexity index is 990. The molecule has 3 heterocycles. The van der Waals surface area contributed by atoms with E-state index >= 15 is 0 Å². The lowest BCUT2D eigenvalue weighted by atomic mass is 10.1. The molecule has 31 heavy (non-hydrogen) atoms. The van der Waals surface area contributed by atoms with Crippen molar-refractivity contribution in [1.29, 1.82) is 0 Å². The molecule has 2 atom stereocenters. The molecular weight excluding hydrogens is 454 g/mol. The number of nitrogens with two attached hydrogens (primary N) is 1. The molecule has 1 aromatic heterocycles. The van der Waals surface area contributed by atoms with E-state index in [1.165, 1.54) is 31.2 Å². The maximum atomic E-state index is 12.7. The molecule has 0 radical (unpaired) electrons. The average Bonchev–Trinajstić information content (AvgIpc) is 3.13. The molecule has 1 aromatic rings. The molecule has 15 heteroatoms. The van der Waals surface area contributed by atoms with Crippen molar-refractivity contribution in [3.8, 4) is 0 Å². The molecule has 2 amide bonds. The molecule has 0 unspecified atom stereocenters. The Morgan fingerprint density at radius 2 is 2.19 bits per heavy atom. The highest BCUT2D eigenvalue weighted by Crippen LogP contribution is 2.40. The van der Waals surface area contributed by atoms with E-state index in [-0.39, 0.29) is 34.8 Å². The van der Waals surface area contributed by atoms with Crippen LogP contribution in [0, 0.1) is 0 Å². The van der Waals surface area contributed by atoms with Gasteiger partial charge in [-0.25, -0.2) is 9.78 Å². The predicted octanol–water partition coefficient (Wildman–Crippen LogP) is -0.0550. The van der Waals surface area contributed by atoms with Crippen LogP contribution in [0.25, 0.3) is 0 Å². The van der Waals surface area contributed by atoms with E-state index in [2.05, 4.69) is 15.5 Å². The molecular formula is C16H17N5O8S2. The standard InChI is InChI=1S/C16H17N5O8S2/c1-6(22)28-3-7-4-30-14-10(12(24)21(14)13(7)29-16(25)26)19-11(23)9(20-27-2)8-5-31-15(17)18-8/h5,10,14H,3-4H2,1-2H3,(H2,17,18)(H,19,23)(H,25,26)/t10-,14-/m1/s1. The van der Waals surface area contributed by atoms with E-state index < -0.39 is 35.4 Å². The predicted molar refractivity (Wildman–Crippen MR) is 108 cm³/mol. The van der Waals surface area contributed by atoms with Crippen molar-refractivity contribution < 1.29 is 38.6 Å². The Morgan fingerprint density at radius 1 is 1.45 bits per heavy atom. The third-order valence-electron chi connectivity index (χ3n) is 4.08. The van der Waals surface area contributed by atoms with Gasteiger partial charge >= 0.3 is 12.1 Å². The van der Waals surface area contributed by atoms with E-state index in [4.69, 9.17) is 25.2 Å². The summed E-state index contributed by atoms with van der Waals surface area (Å²) in [6.07, 6.45) is -1.63. The smallest absolute Gasteiger partial charge is 0.461 e. The number of aromatic nitrogens is 1. The first kappa shape index (κ1) is 22.4. The van der Waals surface area contributed by atoms with Gasteiger partial charge in [0.05, 0.1) is 0 Å². The zero-order valence-electron chi connectivity index (χ0n) is 16.2. The number of hydrogen-bond donors (Lipinski definition) is 3. The lowest BCUT2D eigenvalue weighted by Crippen LogP contribution is -2.70. The summed E-state index contributed by atoms with van der Waals surface area (Å²) in [4.78, 5) is 57.3. The van der Waals surface area contributed by atoms with Gasteiger partial charge in [-0.2, -0.15) is 0 Å². The van der Waals surface area contributed by atoms with Crippen molar-refractivity contribution in [2.24, 2.45) is 5.16 Å². The van der Waals surface area contributed by atoms with Crippen molar-refractivity contribution in [3.63, 3.8) is 0 Å². The van der Waals surface area contributed by atoms with Gasteiger partial charge in [0.1, 0.15) is 30.8 Å². The molecule has 0 aliphatic carbocycles. The number of nitrogens with zero attached hydrogens (tertiary/aromatic N) is 3. The van der Waals surface area contributed by atoms with E-state index in [1.54, 1.807) is 0 Å². The number of thioether (sulfide) groups is 1. The number of carboxylic acid groups (broad SMARTS) is 1.